The summed E-state index contributed by atoms with van der Waals surface area (Å²) in [4.78, 5) is 14.5. The zero-order valence-corrected chi connectivity index (χ0v) is 14.2. The fourth-order valence-electron chi connectivity index (χ4n) is 2.60. The molecule has 1 atom stereocenters. The van der Waals surface area contributed by atoms with Crippen molar-refractivity contribution in [1.82, 2.24) is 10.2 Å². The lowest BCUT2D eigenvalue weighted by atomic mass is 10.1. The number of hydrogen-bond acceptors (Lipinski definition) is 5. The summed E-state index contributed by atoms with van der Waals surface area (Å²) in [7, 11) is 6.41. The van der Waals surface area contributed by atoms with Gasteiger partial charge in [0.25, 0.3) is 5.91 Å². The van der Waals surface area contributed by atoms with Gasteiger partial charge in [0.15, 0.2) is 11.5 Å². The minimum absolute atomic E-state index is 0. The first kappa shape index (κ1) is 18.4. The SMILES string of the molecule is COc1ccc(C(=O)N(C)C2CCNC2)c(OC)c1OC.Cl. The zero-order valence-electron chi connectivity index (χ0n) is 13.3. The topological polar surface area (TPSA) is 60.0 Å². The summed E-state index contributed by atoms with van der Waals surface area (Å²) in [6, 6.07) is 3.63. The van der Waals surface area contributed by atoms with Gasteiger partial charge in [-0.15, -0.1) is 12.4 Å². The third kappa shape index (κ3) is 3.39. The van der Waals surface area contributed by atoms with Crippen LogP contribution in [-0.2, 0) is 0 Å². The van der Waals surface area contributed by atoms with E-state index in [1.165, 1.54) is 14.2 Å². The second-order valence-corrected chi connectivity index (χ2v) is 4.94. The minimum Gasteiger partial charge on any atom is -0.493 e. The molecule has 1 amide bonds. The molecule has 0 aliphatic carbocycles. The zero-order chi connectivity index (χ0) is 15.4. The maximum atomic E-state index is 12.7. The van der Waals surface area contributed by atoms with Crippen molar-refractivity contribution >= 4 is 18.3 Å². The highest BCUT2D eigenvalue weighted by Crippen LogP contribution is 2.40. The van der Waals surface area contributed by atoms with E-state index in [-0.39, 0.29) is 24.4 Å². The number of likely N-dealkylation sites (N-methyl/N-ethyl adjacent to an activating group) is 1. The quantitative estimate of drug-likeness (QED) is 0.888. The Morgan fingerprint density at radius 1 is 1.18 bits per heavy atom. The monoisotopic (exact) mass is 330 g/mol. The van der Waals surface area contributed by atoms with Crippen LogP contribution in [0.25, 0.3) is 0 Å². The van der Waals surface area contributed by atoms with E-state index in [4.69, 9.17) is 14.2 Å². The molecule has 1 saturated heterocycles. The average Bonchev–Trinajstić information content (AvgIpc) is 3.06. The van der Waals surface area contributed by atoms with E-state index in [9.17, 15) is 4.79 Å². The van der Waals surface area contributed by atoms with Crippen LogP contribution in [0, 0.1) is 0 Å². The molecule has 1 fully saturated rings. The Balaban J connectivity index is 0.00000242. The molecule has 1 heterocycles. The van der Waals surface area contributed by atoms with Crippen molar-refractivity contribution < 1.29 is 19.0 Å². The number of carbonyl (C=O) groups is 1. The molecule has 7 heteroatoms. The van der Waals surface area contributed by atoms with E-state index < -0.39 is 0 Å². The van der Waals surface area contributed by atoms with Gasteiger partial charge in [-0.3, -0.25) is 4.79 Å². The predicted molar refractivity (Wildman–Crippen MR) is 86.7 cm³/mol. The van der Waals surface area contributed by atoms with Crippen molar-refractivity contribution in [2.24, 2.45) is 0 Å². The van der Waals surface area contributed by atoms with Crippen molar-refractivity contribution in [2.45, 2.75) is 12.5 Å². The van der Waals surface area contributed by atoms with E-state index >= 15 is 0 Å². The van der Waals surface area contributed by atoms with Crippen LogP contribution in [0.2, 0.25) is 0 Å². The van der Waals surface area contributed by atoms with Crippen molar-refractivity contribution in [1.29, 1.82) is 0 Å². The summed E-state index contributed by atoms with van der Waals surface area (Å²) >= 11 is 0. The van der Waals surface area contributed by atoms with Gasteiger partial charge < -0.3 is 24.4 Å². The number of ether oxygens (including phenoxy) is 3. The molecular formula is C15H23ClN2O4. The van der Waals surface area contributed by atoms with Crippen LogP contribution >= 0.6 is 12.4 Å². The Bertz CT molecular complexity index is 519. The standard InChI is InChI=1S/C15H22N2O4.ClH/c1-17(10-7-8-16-9-10)15(18)11-5-6-12(19-2)14(21-4)13(11)20-3;/h5-6,10,16H,7-9H2,1-4H3;1H. The lowest BCUT2D eigenvalue weighted by molar-refractivity contribution is 0.0739. The second kappa shape index (κ2) is 8.10. The van der Waals surface area contributed by atoms with E-state index in [0.717, 1.165) is 19.5 Å². The van der Waals surface area contributed by atoms with Crippen LogP contribution in [-0.4, -0.2) is 58.3 Å². The van der Waals surface area contributed by atoms with Crippen LogP contribution in [0.1, 0.15) is 16.8 Å². The summed E-state index contributed by atoms with van der Waals surface area (Å²) in [6.07, 6.45) is 0.956. The van der Waals surface area contributed by atoms with E-state index in [1.807, 2.05) is 7.05 Å². The fraction of sp³-hybridized carbons (Fsp3) is 0.533. The number of methoxy groups -OCH3 is 3. The average molecular weight is 331 g/mol. The van der Waals surface area contributed by atoms with Crippen molar-refractivity contribution in [3.8, 4) is 17.2 Å². The molecule has 0 bridgehead atoms. The number of rotatable bonds is 5. The minimum atomic E-state index is -0.0819. The lowest BCUT2D eigenvalue weighted by Crippen LogP contribution is -2.38. The Labute approximate surface area is 137 Å². The highest BCUT2D eigenvalue weighted by atomic mass is 35.5. The van der Waals surface area contributed by atoms with Gasteiger partial charge >= 0.3 is 0 Å². The van der Waals surface area contributed by atoms with Crippen molar-refractivity contribution in [3.63, 3.8) is 0 Å². The predicted octanol–water partition coefficient (Wildman–Crippen LogP) is 1.57. The van der Waals surface area contributed by atoms with Gasteiger partial charge in [-0.1, -0.05) is 0 Å². The van der Waals surface area contributed by atoms with Crippen LogP contribution < -0.4 is 19.5 Å². The molecular weight excluding hydrogens is 308 g/mol. The molecule has 1 aliphatic heterocycles. The van der Waals surface area contributed by atoms with Gasteiger partial charge in [0.2, 0.25) is 5.75 Å². The Hall–Kier alpha value is -1.66. The molecule has 2 rings (SSSR count). The van der Waals surface area contributed by atoms with Crippen LogP contribution in [0.15, 0.2) is 12.1 Å². The number of nitrogens with one attached hydrogen (secondary N) is 1. The molecule has 0 radical (unpaired) electrons. The van der Waals surface area contributed by atoms with Gasteiger partial charge in [0.05, 0.1) is 26.9 Å². The maximum Gasteiger partial charge on any atom is 0.257 e. The summed E-state index contributed by atoms with van der Waals surface area (Å²) in [5.41, 5.74) is 0.476. The number of hydrogen-bond donors (Lipinski definition) is 1. The summed E-state index contributed by atoms with van der Waals surface area (Å²) in [5.74, 6) is 1.29. The smallest absolute Gasteiger partial charge is 0.257 e. The number of benzene rings is 1. The second-order valence-electron chi connectivity index (χ2n) is 4.94. The Morgan fingerprint density at radius 2 is 1.86 bits per heavy atom. The molecule has 1 unspecified atom stereocenters. The number of halogens is 1. The van der Waals surface area contributed by atoms with Gasteiger partial charge in [-0.25, -0.2) is 0 Å². The molecule has 124 valence electrons. The van der Waals surface area contributed by atoms with Crippen LogP contribution in [0.4, 0.5) is 0 Å². The van der Waals surface area contributed by atoms with Crippen LogP contribution in [0.5, 0.6) is 17.2 Å². The van der Waals surface area contributed by atoms with Crippen molar-refractivity contribution in [2.75, 3.05) is 41.5 Å². The Kier molecular flexibility index (Phi) is 6.77. The molecule has 22 heavy (non-hydrogen) atoms. The molecule has 0 aromatic heterocycles. The molecule has 1 aromatic carbocycles. The number of nitrogens with zero attached hydrogens (tertiary/aromatic N) is 1. The van der Waals surface area contributed by atoms with Gasteiger partial charge in [0, 0.05) is 19.6 Å². The van der Waals surface area contributed by atoms with E-state index in [2.05, 4.69) is 5.32 Å². The lowest BCUT2D eigenvalue weighted by Gasteiger charge is -2.25. The highest BCUT2D eigenvalue weighted by molar-refractivity contribution is 5.98. The molecule has 1 aromatic rings. The molecule has 0 spiro atoms. The first-order valence-corrected chi connectivity index (χ1v) is 6.90. The van der Waals surface area contributed by atoms with Gasteiger partial charge in [-0.05, 0) is 25.1 Å². The first-order valence-electron chi connectivity index (χ1n) is 6.90. The molecule has 1 aliphatic rings. The van der Waals surface area contributed by atoms with E-state index in [0.29, 0.717) is 22.8 Å². The molecule has 1 N–H and O–H groups in total. The fourth-order valence-corrected chi connectivity index (χ4v) is 2.60. The largest absolute Gasteiger partial charge is 0.493 e. The summed E-state index contributed by atoms with van der Waals surface area (Å²) < 4.78 is 15.9. The summed E-state index contributed by atoms with van der Waals surface area (Å²) in [5, 5.41) is 3.26. The van der Waals surface area contributed by atoms with Gasteiger partial charge in [0.1, 0.15) is 0 Å². The third-order valence-electron chi connectivity index (χ3n) is 3.84. The normalized spacial score (nSPS) is 16.6. The molecule has 0 saturated carbocycles. The molecule has 6 nitrogen and oxygen atoms in total. The van der Waals surface area contributed by atoms with Gasteiger partial charge in [-0.2, -0.15) is 0 Å². The third-order valence-corrected chi connectivity index (χ3v) is 3.84. The maximum absolute atomic E-state index is 12.7. The Morgan fingerprint density at radius 3 is 2.36 bits per heavy atom. The van der Waals surface area contributed by atoms with E-state index in [1.54, 1.807) is 24.1 Å². The highest BCUT2D eigenvalue weighted by Gasteiger charge is 2.28. The first-order chi connectivity index (χ1) is 10.1. The van der Waals surface area contributed by atoms with Crippen LogP contribution in [0.3, 0.4) is 0 Å². The number of carbonyl (C=O) groups excluding carboxylic acids is 1. The number of amides is 1. The summed E-state index contributed by atoms with van der Waals surface area (Å²) in [6.45, 7) is 1.75. The van der Waals surface area contributed by atoms with Crippen molar-refractivity contribution in [3.05, 3.63) is 17.7 Å².